The summed E-state index contributed by atoms with van der Waals surface area (Å²) < 4.78 is 0.873. The van der Waals surface area contributed by atoms with Gasteiger partial charge < -0.3 is 11.1 Å². The number of amides is 1. The SMILES string of the molecule is Nc1cc(Cl)cc(Cl)c1NC(=O)Cn1[nH]c(=O)ccc1=O. The van der Waals surface area contributed by atoms with Crippen molar-refractivity contribution in [1.29, 1.82) is 0 Å². The van der Waals surface area contributed by atoms with E-state index in [-0.39, 0.29) is 22.9 Å². The largest absolute Gasteiger partial charge is 0.397 e. The van der Waals surface area contributed by atoms with Crippen molar-refractivity contribution in [2.45, 2.75) is 6.54 Å². The van der Waals surface area contributed by atoms with Crippen molar-refractivity contribution < 1.29 is 4.79 Å². The van der Waals surface area contributed by atoms with Gasteiger partial charge >= 0.3 is 0 Å². The highest BCUT2D eigenvalue weighted by atomic mass is 35.5. The average Bonchev–Trinajstić information content (AvgIpc) is 2.38. The van der Waals surface area contributed by atoms with Crippen LogP contribution in [0.4, 0.5) is 11.4 Å². The van der Waals surface area contributed by atoms with Gasteiger partial charge in [0.2, 0.25) is 5.91 Å². The maximum atomic E-state index is 11.9. The molecular weight excluding hydrogens is 319 g/mol. The lowest BCUT2D eigenvalue weighted by molar-refractivity contribution is -0.117. The Balaban J connectivity index is 2.21. The van der Waals surface area contributed by atoms with Crippen LogP contribution in [0.25, 0.3) is 0 Å². The van der Waals surface area contributed by atoms with E-state index >= 15 is 0 Å². The van der Waals surface area contributed by atoms with E-state index in [4.69, 9.17) is 28.9 Å². The van der Waals surface area contributed by atoms with E-state index in [1.807, 2.05) is 0 Å². The number of halogens is 2. The summed E-state index contributed by atoms with van der Waals surface area (Å²) in [6.45, 7) is -0.382. The highest BCUT2D eigenvalue weighted by Gasteiger charge is 2.12. The van der Waals surface area contributed by atoms with Gasteiger partial charge in [-0.1, -0.05) is 23.2 Å². The zero-order valence-corrected chi connectivity index (χ0v) is 12.0. The molecule has 1 heterocycles. The maximum absolute atomic E-state index is 11.9. The first-order valence-corrected chi connectivity index (χ1v) is 6.47. The monoisotopic (exact) mass is 328 g/mol. The molecule has 110 valence electrons. The Morgan fingerprint density at radius 3 is 2.67 bits per heavy atom. The number of aromatic nitrogens is 2. The summed E-state index contributed by atoms with van der Waals surface area (Å²) in [5.74, 6) is -0.574. The lowest BCUT2D eigenvalue weighted by Gasteiger charge is -2.11. The van der Waals surface area contributed by atoms with E-state index < -0.39 is 17.0 Å². The molecule has 0 saturated carbocycles. The van der Waals surface area contributed by atoms with Crippen LogP contribution in [-0.2, 0) is 11.3 Å². The second-order valence-electron chi connectivity index (χ2n) is 4.13. The third-order valence-corrected chi connectivity index (χ3v) is 3.06. The van der Waals surface area contributed by atoms with Crippen molar-refractivity contribution in [3.63, 3.8) is 0 Å². The van der Waals surface area contributed by atoms with Gasteiger partial charge in [-0.2, -0.15) is 0 Å². The number of aromatic amines is 1. The van der Waals surface area contributed by atoms with Gasteiger partial charge in [0.15, 0.2) is 0 Å². The van der Waals surface area contributed by atoms with Gasteiger partial charge in [0.25, 0.3) is 11.1 Å². The molecule has 0 atom stereocenters. The van der Waals surface area contributed by atoms with Crippen LogP contribution in [0.15, 0.2) is 33.9 Å². The van der Waals surface area contributed by atoms with Crippen LogP contribution in [0.3, 0.4) is 0 Å². The molecule has 0 unspecified atom stereocenters. The number of H-pyrrole nitrogens is 1. The van der Waals surface area contributed by atoms with Crippen LogP contribution in [0, 0.1) is 0 Å². The summed E-state index contributed by atoms with van der Waals surface area (Å²) in [5, 5.41) is 5.20. The van der Waals surface area contributed by atoms with Crippen LogP contribution in [-0.4, -0.2) is 15.7 Å². The van der Waals surface area contributed by atoms with Crippen LogP contribution >= 0.6 is 23.2 Å². The molecule has 4 N–H and O–H groups in total. The average molecular weight is 329 g/mol. The molecule has 1 amide bonds. The molecule has 7 nitrogen and oxygen atoms in total. The molecule has 0 spiro atoms. The summed E-state index contributed by atoms with van der Waals surface area (Å²) in [6.07, 6.45) is 0. The van der Waals surface area contributed by atoms with Gasteiger partial charge in [0.1, 0.15) is 6.54 Å². The second kappa shape index (κ2) is 6.02. The molecular formula is C12H10Cl2N4O3. The van der Waals surface area contributed by atoms with E-state index in [1.165, 1.54) is 12.1 Å². The fourth-order valence-corrected chi connectivity index (χ4v) is 2.18. The lowest BCUT2D eigenvalue weighted by atomic mass is 10.2. The number of carbonyl (C=O) groups is 1. The summed E-state index contributed by atoms with van der Waals surface area (Å²) in [7, 11) is 0. The minimum Gasteiger partial charge on any atom is -0.397 e. The second-order valence-corrected chi connectivity index (χ2v) is 4.98. The number of carbonyl (C=O) groups excluding carboxylic acids is 1. The predicted octanol–water partition coefficient (Wildman–Crippen LogP) is 1.06. The number of anilines is 2. The number of nitrogen functional groups attached to an aromatic ring is 1. The summed E-state index contributed by atoms with van der Waals surface area (Å²) in [5.41, 5.74) is 5.08. The first-order valence-electron chi connectivity index (χ1n) is 5.71. The molecule has 0 fully saturated rings. The van der Waals surface area contributed by atoms with Gasteiger partial charge in [-0.25, -0.2) is 4.68 Å². The molecule has 1 aromatic heterocycles. The third-order valence-electron chi connectivity index (χ3n) is 2.54. The Bertz CT molecular complexity index is 790. The predicted molar refractivity (Wildman–Crippen MR) is 80.8 cm³/mol. The zero-order chi connectivity index (χ0) is 15.6. The Hall–Kier alpha value is -2.25. The normalized spacial score (nSPS) is 10.4. The molecule has 0 aliphatic heterocycles. The van der Waals surface area contributed by atoms with Gasteiger partial charge in [0, 0.05) is 17.2 Å². The molecule has 0 aliphatic carbocycles. The molecule has 0 saturated heterocycles. The van der Waals surface area contributed by atoms with E-state index in [9.17, 15) is 14.4 Å². The van der Waals surface area contributed by atoms with Gasteiger partial charge in [-0.3, -0.25) is 19.5 Å². The van der Waals surface area contributed by atoms with Crippen molar-refractivity contribution in [2.75, 3.05) is 11.1 Å². The molecule has 1 aromatic carbocycles. The first-order chi connectivity index (χ1) is 9.86. The third kappa shape index (κ3) is 3.65. The number of hydrogen-bond donors (Lipinski definition) is 3. The molecule has 0 aliphatic rings. The quantitative estimate of drug-likeness (QED) is 0.732. The molecule has 0 bridgehead atoms. The van der Waals surface area contributed by atoms with E-state index in [2.05, 4.69) is 10.4 Å². The molecule has 9 heteroatoms. The number of benzene rings is 1. The highest BCUT2D eigenvalue weighted by molar-refractivity contribution is 6.37. The topological polar surface area (TPSA) is 110 Å². The van der Waals surface area contributed by atoms with E-state index in [1.54, 1.807) is 0 Å². The minimum atomic E-state index is -0.574. The summed E-state index contributed by atoms with van der Waals surface area (Å²) in [6, 6.07) is 4.99. The fraction of sp³-hybridized carbons (Fsp3) is 0.0833. The number of rotatable bonds is 3. The Morgan fingerprint density at radius 1 is 1.29 bits per heavy atom. The molecule has 21 heavy (non-hydrogen) atoms. The Morgan fingerprint density at radius 2 is 2.00 bits per heavy atom. The van der Waals surface area contributed by atoms with Crippen LogP contribution in [0.5, 0.6) is 0 Å². The van der Waals surface area contributed by atoms with Crippen LogP contribution in [0.2, 0.25) is 10.0 Å². The van der Waals surface area contributed by atoms with Gasteiger partial charge in [-0.05, 0) is 12.1 Å². The zero-order valence-electron chi connectivity index (χ0n) is 10.5. The standard InChI is InChI=1S/C12H10Cl2N4O3/c13-6-3-7(14)12(8(15)4-6)16-10(20)5-18-11(21)2-1-9(19)17-18/h1-4H,5,15H2,(H,16,20)(H,17,19). The first kappa shape index (κ1) is 15.1. The van der Waals surface area contributed by atoms with Crippen molar-refractivity contribution in [3.8, 4) is 0 Å². The van der Waals surface area contributed by atoms with E-state index in [0.717, 1.165) is 16.8 Å². The van der Waals surface area contributed by atoms with Crippen molar-refractivity contribution in [2.24, 2.45) is 0 Å². The van der Waals surface area contributed by atoms with Gasteiger partial charge in [-0.15, -0.1) is 0 Å². The van der Waals surface area contributed by atoms with Crippen molar-refractivity contribution in [1.82, 2.24) is 9.78 Å². The number of nitrogens with one attached hydrogen (secondary N) is 2. The summed E-state index contributed by atoms with van der Waals surface area (Å²) >= 11 is 11.7. The van der Waals surface area contributed by atoms with E-state index in [0.29, 0.717) is 5.02 Å². The van der Waals surface area contributed by atoms with Crippen LogP contribution in [0.1, 0.15) is 0 Å². The highest BCUT2D eigenvalue weighted by Crippen LogP contribution is 2.31. The van der Waals surface area contributed by atoms with Crippen molar-refractivity contribution >= 4 is 40.5 Å². The Kier molecular flexibility index (Phi) is 4.35. The molecule has 0 radical (unpaired) electrons. The van der Waals surface area contributed by atoms with Gasteiger partial charge in [0.05, 0.1) is 16.4 Å². The van der Waals surface area contributed by atoms with Crippen molar-refractivity contribution in [3.05, 3.63) is 55.0 Å². The summed E-state index contributed by atoms with van der Waals surface area (Å²) in [4.78, 5) is 34.5. The number of nitrogens with zero attached hydrogens (tertiary/aromatic N) is 1. The number of nitrogens with two attached hydrogens (primary N) is 1. The fourth-order valence-electron chi connectivity index (χ4n) is 1.63. The maximum Gasteiger partial charge on any atom is 0.265 e. The molecule has 2 rings (SSSR count). The molecule has 2 aromatic rings. The lowest BCUT2D eigenvalue weighted by Crippen LogP contribution is -2.33. The Labute approximate surface area is 128 Å². The van der Waals surface area contributed by atoms with Crippen LogP contribution < -0.4 is 22.2 Å². The smallest absolute Gasteiger partial charge is 0.265 e. The number of hydrogen-bond acceptors (Lipinski definition) is 4. The minimum absolute atomic E-state index is 0.169.